The zero-order valence-electron chi connectivity index (χ0n) is 9.28. The van der Waals surface area contributed by atoms with Gasteiger partial charge < -0.3 is 0 Å². The van der Waals surface area contributed by atoms with E-state index in [9.17, 15) is 17.6 Å². The summed E-state index contributed by atoms with van der Waals surface area (Å²) < 4.78 is 50.2. The lowest BCUT2D eigenvalue weighted by atomic mass is 10.2. The predicted octanol–water partition coefficient (Wildman–Crippen LogP) is 4.24. The Morgan fingerprint density at radius 1 is 1.28 bits per heavy atom. The molecule has 0 aliphatic heterocycles. The maximum atomic E-state index is 13.2. The van der Waals surface area contributed by atoms with Crippen LogP contribution in [0.25, 0.3) is 0 Å². The molecule has 1 rings (SSSR count). The van der Waals surface area contributed by atoms with Crippen LogP contribution in [0.15, 0.2) is 18.2 Å². The number of hydrogen-bond acceptors (Lipinski definition) is 1. The molecule has 0 fully saturated rings. The smallest absolute Gasteiger partial charge is 0.290 e. The summed E-state index contributed by atoms with van der Waals surface area (Å²) in [5, 5.41) is 0.273. The number of halogens is 6. The number of benzene rings is 1. The van der Waals surface area contributed by atoms with Crippen molar-refractivity contribution in [2.75, 3.05) is 18.4 Å². The van der Waals surface area contributed by atoms with Crippen LogP contribution in [0.3, 0.4) is 0 Å². The van der Waals surface area contributed by atoms with E-state index in [1.165, 1.54) is 18.2 Å². The Balaban J connectivity index is 2.80. The highest BCUT2D eigenvalue weighted by molar-refractivity contribution is 9.09. The van der Waals surface area contributed by atoms with Crippen LogP contribution in [0.5, 0.6) is 0 Å². The van der Waals surface area contributed by atoms with E-state index in [4.69, 9.17) is 11.6 Å². The molecule has 7 heteroatoms. The fourth-order valence-electron chi connectivity index (χ4n) is 1.50. The van der Waals surface area contributed by atoms with Crippen LogP contribution in [-0.4, -0.2) is 29.5 Å². The van der Waals surface area contributed by atoms with Gasteiger partial charge in [-0.3, -0.25) is 4.90 Å². The third-order valence-electron chi connectivity index (χ3n) is 2.23. The molecule has 0 saturated carbocycles. The van der Waals surface area contributed by atoms with Gasteiger partial charge in [0, 0.05) is 18.4 Å². The Hall–Kier alpha value is -0.330. The molecule has 1 aromatic carbocycles. The molecular formula is C11H11BrClF4N. The average Bonchev–Trinajstić information content (AvgIpc) is 2.23. The molecule has 0 aromatic heterocycles. The van der Waals surface area contributed by atoms with Crippen molar-refractivity contribution >= 4 is 27.5 Å². The molecule has 0 N–H and O–H groups in total. The molecular weight excluding hydrogens is 337 g/mol. The van der Waals surface area contributed by atoms with E-state index in [1.807, 2.05) is 0 Å². The minimum Gasteiger partial charge on any atom is -0.290 e. The second-order valence-electron chi connectivity index (χ2n) is 3.73. The van der Waals surface area contributed by atoms with Crippen LogP contribution in [0, 0.1) is 5.82 Å². The van der Waals surface area contributed by atoms with E-state index in [1.54, 1.807) is 0 Å². The molecule has 0 aliphatic carbocycles. The molecule has 0 unspecified atom stereocenters. The standard InChI is InChI=1S/C11H11BrClF4N/c12-4-5-18(7-11(15,16)17)6-8-2-1-3-9(14)10(8)13/h1-3H,4-7H2. The van der Waals surface area contributed by atoms with Crippen molar-refractivity contribution in [3.8, 4) is 0 Å². The van der Waals surface area contributed by atoms with E-state index in [-0.39, 0.29) is 18.1 Å². The first-order valence-corrected chi connectivity index (χ1v) is 6.61. The summed E-state index contributed by atoms with van der Waals surface area (Å²) in [5.41, 5.74) is 0.349. The van der Waals surface area contributed by atoms with Crippen LogP contribution in [0.1, 0.15) is 5.56 Å². The third-order valence-corrected chi connectivity index (χ3v) is 3.01. The lowest BCUT2D eigenvalue weighted by Gasteiger charge is -2.23. The van der Waals surface area contributed by atoms with Gasteiger partial charge in [0.2, 0.25) is 0 Å². The highest BCUT2D eigenvalue weighted by atomic mass is 79.9. The fraction of sp³-hybridized carbons (Fsp3) is 0.455. The Bertz CT molecular complexity index is 397. The van der Waals surface area contributed by atoms with Crippen LogP contribution in [-0.2, 0) is 6.54 Å². The van der Waals surface area contributed by atoms with Gasteiger partial charge in [0.05, 0.1) is 11.6 Å². The van der Waals surface area contributed by atoms with Gasteiger partial charge >= 0.3 is 6.18 Å². The van der Waals surface area contributed by atoms with E-state index in [0.29, 0.717) is 10.9 Å². The number of rotatable bonds is 5. The summed E-state index contributed by atoms with van der Waals surface area (Å²) in [7, 11) is 0. The number of nitrogens with zero attached hydrogens (tertiary/aromatic N) is 1. The molecule has 0 spiro atoms. The second-order valence-corrected chi connectivity index (χ2v) is 4.90. The highest BCUT2D eigenvalue weighted by Gasteiger charge is 2.30. The zero-order chi connectivity index (χ0) is 13.8. The Morgan fingerprint density at radius 3 is 2.50 bits per heavy atom. The lowest BCUT2D eigenvalue weighted by Crippen LogP contribution is -2.35. The maximum absolute atomic E-state index is 13.2. The summed E-state index contributed by atoms with van der Waals surface area (Å²) in [5.74, 6) is -0.625. The van der Waals surface area contributed by atoms with Gasteiger partial charge in [-0.05, 0) is 11.6 Å². The van der Waals surface area contributed by atoms with Crippen molar-refractivity contribution in [1.82, 2.24) is 4.90 Å². The molecule has 0 bridgehead atoms. The average molecular weight is 349 g/mol. The van der Waals surface area contributed by atoms with E-state index in [0.717, 1.165) is 4.90 Å². The first-order valence-electron chi connectivity index (χ1n) is 5.11. The fourth-order valence-corrected chi connectivity index (χ4v) is 2.19. The number of hydrogen-bond donors (Lipinski definition) is 0. The Morgan fingerprint density at radius 2 is 1.94 bits per heavy atom. The van der Waals surface area contributed by atoms with E-state index in [2.05, 4.69) is 15.9 Å². The first kappa shape index (κ1) is 15.7. The summed E-state index contributed by atoms with van der Waals surface area (Å²) >= 11 is 8.80. The molecule has 0 aliphatic rings. The Labute approximate surface area is 116 Å². The molecule has 0 atom stereocenters. The van der Waals surface area contributed by atoms with Crippen LogP contribution in [0.4, 0.5) is 17.6 Å². The quantitative estimate of drug-likeness (QED) is 0.568. The summed E-state index contributed by atoms with van der Waals surface area (Å²) in [6.07, 6.45) is -4.29. The highest BCUT2D eigenvalue weighted by Crippen LogP contribution is 2.23. The zero-order valence-corrected chi connectivity index (χ0v) is 11.6. The van der Waals surface area contributed by atoms with Gasteiger partial charge in [-0.25, -0.2) is 4.39 Å². The van der Waals surface area contributed by atoms with E-state index >= 15 is 0 Å². The van der Waals surface area contributed by atoms with E-state index < -0.39 is 18.5 Å². The lowest BCUT2D eigenvalue weighted by molar-refractivity contribution is -0.146. The minimum atomic E-state index is -4.29. The SMILES string of the molecule is Fc1cccc(CN(CCBr)CC(F)(F)F)c1Cl. The van der Waals surface area contributed by atoms with Crippen molar-refractivity contribution < 1.29 is 17.6 Å². The first-order chi connectivity index (χ1) is 8.33. The number of alkyl halides is 4. The monoisotopic (exact) mass is 347 g/mol. The molecule has 0 amide bonds. The molecule has 1 aromatic rings. The second kappa shape index (κ2) is 6.73. The van der Waals surface area contributed by atoms with Gasteiger partial charge in [-0.1, -0.05) is 39.7 Å². The minimum absolute atomic E-state index is 0.0400. The topological polar surface area (TPSA) is 3.24 Å². The molecule has 0 radical (unpaired) electrons. The predicted molar refractivity (Wildman–Crippen MR) is 66.5 cm³/mol. The van der Waals surface area contributed by atoms with Gasteiger partial charge in [0.1, 0.15) is 5.82 Å². The normalized spacial score (nSPS) is 12.2. The molecule has 102 valence electrons. The van der Waals surface area contributed by atoms with Crippen molar-refractivity contribution in [2.24, 2.45) is 0 Å². The van der Waals surface area contributed by atoms with Gasteiger partial charge in [-0.2, -0.15) is 13.2 Å². The summed E-state index contributed by atoms with van der Waals surface area (Å²) in [4.78, 5) is 1.16. The molecule has 0 saturated heterocycles. The van der Waals surface area contributed by atoms with Crippen LogP contribution < -0.4 is 0 Å². The van der Waals surface area contributed by atoms with Gasteiger partial charge in [0.15, 0.2) is 0 Å². The van der Waals surface area contributed by atoms with Crippen molar-refractivity contribution in [3.05, 3.63) is 34.6 Å². The molecule has 0 heterocycles. The van der Waals surface area contributed by atoms with Crippen LogP contribution >= 0.6 is 27.5 Å². The largest absolute Gasteiger partial charge is 0.401 e. The summed E-state index contributed by atoms with van der Waals surface area (Å²) in [6.45, 7) is -0.889. The van der Waals surface area contributed by atoms with Gasteiger partial charge in [-0.15, -0.1) is 0 Å². The molecule has 1 nitrogen and oxygen atoms in total. The summed E-state index contributed by atoms with van der Waals surface area (Å²) in [6, 6.07) is 4.11. The Kier molecular flexibility index (Phi) is 5.88. The van der Waals surface area contributed by atoms with Crippen LogP contribution in [0.2, 0.25) is 5.02 Å². The molecule has 18 heavy (non-hydrogen) atoms. The maximum Gasteiger partial charge on any atom is 0.401 e. The van der Waals surface area contributed by atoms with Gasteiger partial charge in [0.25, 0.3) is 0 Å². The van der Waals surface area contributed by atoms with Crippen molar-refractivity contribution in [3.63, 3.8) is 0 Å². The van der Waals surface area contributed by atoms with Crippen molar-refractivity contribution in [1.29, 1.82) is 0 Å². The van der Waals surface area contributed by atoms with Crippen molar-refractivity contribution in [2.45, 2.75) is 12.7 Å². The third kappa shape index (κ3) is 5.12.